The average Bonchev–Trinajstić information content (AvgIpc) is 3.62. The molecule has 2 heterocycles. The molecule has 0 radical (unpaired) electrons. The molecular formula is C39H52N4O2. The highest BCUT2D eigenvalue weighted by Crippen LogP contribution is 2.75. The molecule has 8 rings (SSSR count). The fraction of sp³-hybridized carbons (Fsp3) is 0.667. The summed E-state index contributed by atoms with van der Waals surface area (Å²) in [5.41, 5.74) is 6.05. The van der Waals surface area contributed by atoms with Gasteiger partial charge in [-0.3, -0.25) is 4.79 Å². The van der Waals surface area contributed by atoms with Crippen LogP contribution in [-0.4, -0.2) is 31.1 Å². The van der Waals surface area contributed by atoms with Crippen molar-refractivity contribution < 1.29 is 9.90 Å². The van der Waals surface area contributed by atoms with Crippen LogP contribution in [0.5, 0.6) is 0 Å². The molecule has 1 aromatic carbocycles. The first-order valence-electron chi connectivity index (χ1n) is 17.7. The third kappa shape index (κ3) is 3.66. The molecule has 6 heteroatoms. The van der Waals surface area contributed by atoms with Crippen molar-refractivity contribution in [1.29, 1.82) is 0 Å². The number of carboxylic acids is 1. The van der Waals surface area contributed by atoms with E-state index in [0.717, 1.165) is 45.1 Å². The van der Waals surface area contributed by atoms with Crippen LogP contribution in [0.15, 0.2) is 42.1 Å². The van der Waals surface area contributed by atoms with Gasteiger partial charge in [-0.05, 0) is 120 Å². The van der Waals surface area contributed by atoms with Crippen LogP contribution in [0.4, 0.5) is 0 Å². The van der Waals surface area contributed by atoms with Gasteiger partial charge in [-0.2, -0.15) is 0 Å². The highest BCUT2D eigenvalue weighted by Gasteiger charge is 2.69. The van der Waals surface area contributed by atoms with Gasteiger partial charge in [-0.1, -0.05) is 77.5 Å². The summed E-state index contributed by atoms with van der Waals surface area (Å²) in [5, 5.41) is 21.7. The van der Waals surface area contributed by atoms with E-state index in [9.17, 15) is 9.90 Å². The Bertz CT molecular complexity index is 1730. The maximum absolute atomic E-state index is 13.1. The molecule has 240 valence electrons. The van der Waals surface area contributed by atoms with Crippen LogP contribution in [0.25, 0.3) is 10.9 Å². The van der Waals surface area contributed by atoms with Gasteiger partial charge in [-0.25, -0.2) is 4.68 Å². The van der Waals surface area contributed by atoms with Gasteiger partial charge in [0.05, 0.1) is 23.3 Å². The van der Waals surface area contributed by atoms with Crippen molar-refractivity contribution in [2.75, 3.05) is 0 Å². The summed E-state index contributed by atoms with van der Waals surface area (Å²) in [6.45, 7) is 18.1. The largest absolute Gasteiger partial charge is 0.481 e. The number of aromatic amines is 1. The SMILES string of the molecule is C[C@H]1[C@H](C)CC[C@]2(C(=O)O)CC[C@]3(C)C(=CC[C@@H]4[C@@]5(C)Cc6nnn(Cc7ccc8cc[nH]c8c7)c6C(C)(C)[C@@H]5CC[C@]43C)[C@H]12. The highest BCUT2D eigenvalue weighted by molar-refractivity contribution is 5.80. The Morgan fingerprint density at radius 3 is 2.60 bits per heavy atom. The average molecular weight is 609 g/mol. The quantitative estimate of drug-likeness (QED) is 0.292. The Hall–Kier alpha value is -2.89. The summed E-state index contributed by atoms with van der Waals surface area (Å²) in [5.74, 6) is 1.63. The maximum atomic E-state index is 13.1. The monoisotopic (exact) mass is 608 g/mol. The Labute approximate surface area is 268 Å². The first-order valence-corrected chi connectivity index (χ1v) is 17.7. The zero-order chi connectivity index (χ0) is 31.7. The molecule has 2 aromatic heterocycles. The third-order valence-electron chi connectivity index (χ3n) is 15.5. The van der Waals surface area contributed by atoms with Gasteiger partial charge in [0.1, 0.15) is 0 Å². The molecular weight excluding hydrogens is 556 g/mol. The molecule has 5 aliphatic rings. The van der Waals surface area contributed by atoms with Gasteiger partial charge in [-0.15, -0.1) is 5.10 Å². The Balaban J connectivity index is 1.18. The number of nitrogens with zero attached hydrogens (tertiary/aromatic N) is 3. The summed E-state index contributed by atoms with van der Waals surface area (Å²) < 4.78 is 2.20. The lowest BCUT2D eigenvalue weighted by atomic mass is 9.33. The van der Waals surface area contributed by atoms with Crippen LogP contribution in [0, 0.1) is 51.2 Å². The number of fused-ring (bicyclic) bond motifs is 9. The van der Waals surface area contributed by atoms with Gasteiger partial charge in [0, 0.05) is 17.1 Å². The lowest BCUT2D eigenvalue weighted by Crippen LogP contribution is -2.65. The van der Waals surface area contributed by atoms with E-state index in [1.165, 1.54) is 46.3 Å². The summed E-state index contributed by atoms with van der Waals surface area (Å²) >= 11 is 0. The Morgan fingerprint density at radius 2 is 1.82 bits per heavy atom. The minimum absolute atomic E-state index is 0.0251. The molecule has 0 aliphatic heterocycles. The Morgan fingerprint density at radius 1 is 1.02 bits per heavy atom. The molecule has 6 nitrogen and oxygen atoms in total. The molecule has 5 aliphatic carbocycles. The van der Waals surface area contributed by atoms with E-state index < -0.39 is 11.4 Å². The van der Waals surface area contributed by atoms with Crippen LogP contribution < -0.4 is 0 Å². The van der Waals surface area contributed by atoms with E-state index in [1.54, 1.807) is 0 Å². The van der Waals surface area contributed by atoms with Crippen molar-refractivity contribution in [3.05, 3.63) is 59.1 Å². The van der Waals surface area contributed by atoms with Gasteiger partial charge >= 0.3 is 5.97 Å². The minimum atomic E-state index is -0.590. The number of aliphatic carboxylic acids is 1. The number of benzene rings is 1. The number of hydrogen-bond donors (Lipinski definition) is 2. The number of carboxylic acid groups (broad SMARTS) is 1. The number of hydrogen-bond acceptors (Lipinski definition) is 3. The fourth-order valence-electron chi connectivity index (χ4n) is 12.8. The molecule has 0 bridgehead atoms. The lowest BCUT2D eigenvalue weighted by Gasteiger charge is -2.70. The highest BCUT2D eigenvalue weighted by atomic mass is 16.4. The summed E-state index contributed by atoms with van der Waals surface area (Å²) in [6.07, 6.45) is 12.7. The normalized spacial score (nSPS) is 41.7. The van der Waals surface area contributed by atoms with Crippen LogP contribution in [0.2, 0.25) is 0 Å². The van der Waals surface area contributed by atoms with Gasteiger partial charge in [0.2, 0.25) is 0 Å². The molecule has 0 saturated heterocycles. The zero-order valence-corrected chi connectivity index (χ0v) is 28.4. The first-order chi connectivity index (χ1) is 21.3. The van der Waals surface area contributed by atoms with Crippen LogP contribution >= 0.6 is 0 Å². The Kier molecular flexibility index (Phi) is 6.13. The molecule has 45 heavy (non-hydrogen) atoms. The van der Waals surface area contributed by atoms with E-state index in [1.807, 2.05) is 6.20 Å². The molecule has 3 fully saturated rings. The van der Waals surface area contributed by atoms with Crippen molar-refractivity contribution in [3.63, 3.8) is 0 Å². The number of H-pyrrole nitrogens is 1. The van der Waals surface area contributed by atoms with E-state index >= 15 is 0 Å². The number of carbonyl (C=O) groups is 1. The molecule has 3 saturated carbocycles. The molecule has 2 N–H and O–H groups in total. The topological polar surface area (TPSA) is 83.8 Å². The van der Waals surface area contributed by atoms with Crippen molar-refractivity contribution in [1.82, 2.24) is 20.0 Å². The van der Waals surface area contributed by atoms with Gasteiger partial charge in [0.15, 0.2) is 0 Å². The second-order valence-corrected chi connectivity index (χ2v) is 17.4. The second kappa shape index (κ2) is 9.35. The summed E-state index contributed by atoms with van der Waals surface area (Å²) in [6, 6.07) is 8.78. The van der Waals surface area contributed by atoms with Gasteiger partial charge in [0.25, 0.3) is 0 Å². The van der Waals surface area contributed by atoms with Crippen molar-refractivity contribution in [2.45, 2.75) is 112 Å². The van der Waals surface area contributed by atoms with Crippen LogP contribution in [0.3, 0.4) is 0 Å². The van der Waals surface area contributed by atoms with Crippen molar-refractivity contribution in [2.24, 2.45) is 51.2 Å². The summed E-state index contributed by atoms with van der Waals surface area (Å²) in [4.78, 5) is 16.4. The first kappa shape index (κ1) is 29.5. The maximum Gasteiger partial charge on any atom is 0.310 e. The smallest absolute Gasteiger partial charge is 0.310 e. The minimum Gasteiger partial charge on any atom is -0.481 e. The molecule has 0 amide bonds. The van der Waals surface area contributed by atoms with Crippen LogP contribution in [0.1, 0.15) is 110 Å². The molecule has 9 atom stereocenters. The molecule has 0 unspecified atom stereocenters. The lowest BCUT2D eigenvalue weighted by molar-refractivity contribution is -0.179. The predicted octanol–water partition coefficient (Wildman–Crippen LogP) is 8.56. The number of aromatic nitrogens is 4. The zero-order valence-electron chi connectivity index (χ0n) is 28.4. The van der Waals surface area contributed by atoms with E-state index in [0.29, 0.717) is 23.7 Å². The molecule has 3 aromatic rings. The van der Waals surface area contributed by atoms with Crippen LogP contribution in [-0.2, 0) is 23.2 Å². The fourth-order valence-corrected chi connectivity index (χ4v) is 12.8. The van der Waals surface area contributed by atoms with E-state index in [-0.39, 0.29) is 27.6 Å². The number of allylic oxidation sites excluding steroid dienone is 2. The van der Waals surface area contributed by atoms with Gasteiger partial charge < -0.3 is 10.1 Å². The number of nitrogens with one attached hydrogen (secondary N) is 1. The standard InChI is InChI=1S/C39H52N4O2/c1-23-12-16-39(34(44)45)18-17-37(6)27(32(39)24(23)2)10-11-31-36(5)21-29-33(35(3,4)30(36)13-15-38(31,37)7)43(42-41-29)22-25-8-9-26-14-19-40-28(26)20-25/h8-10,14,19-20,23-24,30-32,40H,11-13,15-18,21-22H2,1-7H3,(H,44,45)/t23-,24+,30+,31-,32+,36+,37-,38-,39+/m1/s1. The van der Waals surface area contributed by atoms with E-state index in [4.69, 9.17) is 10.3 Å². The summed E-state index contributed by atoms with van der Waals surface area (Å²) in [7, 11) is 0. The van der Waals surface area contributed by atoms with E-state index in [2.05, 4.69) is 88.5 Å². The van der Waals surface area contributed by atoms with Crippen molar-refractivity contribution in [3.8, 4) is 0 Å². The van der Waals surface area contributed by atoms with Crippen molar-refractivity contribution >= 4 is 16.9 Å². The number of rotatable bonds is 3. The predicted molar refractivity (Wildman–Crippen MR) is 178 cm³/mol. The molecule has 0 spiro atoms. The third-order valence-corrected chi connectivity index (χ3v) is 15.5. The second-order valence-electron chi connectivity index (χ2n) is 17.4.